The van der Waals surface area contributed by atoms with Gasteiger partial charge < -0.3 is 15.3 Å². The van der Waals surface area contributed by atoms with Crippen molar-refractivity contribution in [2.75, 3.05) is 13.6 Å². The summed E-state index contributed by atoms with van der Waals surface area (Å²) in [5.74, 6) is -2.32. The number of hydrogen-bond acceptors (Lipinski definition) is 3. The van der Waals surface area contributed by atoms with Crippen LogP contribution in [0.25, 0.3) is 0 Å². The van der Waals surface area contributed by atoms with Crippen LogP contribution in [0, 0.1) is 5.92 Å². The van der Waals surface area contributed by atoms with Crippen molar-refractivity contribution in [3.8, 4) is 0 Å². The summed E-state index contributed by atoms with van der Waals surface area (Å²) in [6, 6.07) is 0. The summed E-state index contributed by atoms with van der Waals surface area (Å²) in [4.78, 5) is 38.2. The van der Waals surface area contributed by atoms with Crippen LogP contribution in [-0.2, 0) is 14.4 Å². The van der Waals surface area contributed by atoms with Gasteiger partial charge in [0.1, 0.15) is 11.5 Å². The van der Waals surface area contributed by atoms with E-state index in [4.69, 9.17) is 0 Å². The summed E-state index contributed by atoms with van der Waals surface area (Å²) >= 11 is 0. The lowest BCUT2D eigenvalue weighted by molar-refractivity contribution is -0.151. The van der Waals surface area contributed by atoms with Gasteiger partial charge in [-0.1, -0.05) is 32.1 Å². The summed E-state index contributed by atoms with van der Waals surface area (Å²) in [7, 11) is 1.70. The van der Waals surface area contributed by atoms with Crippen molar-refractivity contribution < 1.29 is 19.5 Å². The van der Waals surface area contributed by atoms with Crippen LogP contribution in [0.1, 0.15) is 57.8 Å². The van der Waals surface area contributed by atoms with Gasteiger partial charge in [0.25, 0.3) is 0 Å². The predicted molar refractivity (Wildman–Crippen MR) is 81.2 cm³/mol. The second-order valence-corrected chi connectivity index (χ2v) is 6.60. The van der Waals surface area contributed by atoms with Crippen molar-refractivity contribution in [2.24, 2.45) is 5.92 Å². The zero-order chi connectivity index (χ0) is 16.2. The molecule has 2 fully saturated rings. The van der Waals surface area contributed by atoms with Crippen molar-refractivity contribution in [1.82, 2.24) is 10.2 Å². The Balaban J connectivity index is 2.13. The molecule has 0 bridgehead atoms. The average molecular weight is 310 g/mol. The van der Waals surface area contributed by atoms with E-state index in [0.717, 1.165) is 38.5 Å². The van der Waals surface area contributed by atoms with E-state index in [1.54, 1.807) is 11.9 Å². The molecule has 0 aromatic carbocycles. The van der Waals surface area contributed by atoms with Crippen LogP contribution in [0.4, 0.5) is 0 Å². The van der Waals surface area contributed by atoms with Gasteiger partial charge in [-0.3, -0.25) is 9.59 Å². The van der Waals surface area contributed by atoms with Gasteiger partial charge in [0.05, 0.1) is 0 Å². The van der Waals surface area contributed by atoms with Crippen molar-refractivity contribution in [1.29, 1.82) is 0 Å². The third-order valence-electron chi connectivity index (χ3n) is 4.96. The fourth-order valence-electron chi connectivity index (χ4n) is 3.49. The smallest absolute Gasteiger partial charge is 0.329 e. The summed E-state index contributed by atoms with van der Waals surface area (Å²) in [5, 5.41) is 12.4. The molecule has 0 radical (unpaired) electrons. The van der Waals surface area contributed by atoms with E-state index in [9.17, 15) is 19.5 Å². The molecule has 2 N–H and O–H groups in total. The first-order valence-corrected chi connectivity index (χ1v) is 8.27. The minimum Gasteiger partial charge on any atom is -0.480 e. The molecule has 2 amide bonds. The van der Waals surface area contributed by atoms with Crippen LogP contribution in [0.15, 0.2) is 0 Å². The number of hydrogen-bond donors (Lipinski definition) is 2. The van der Waals surface area contributed by atoms with Crippen LogP contribution in [-0.4, -0.2) is 46.9 Å². The second kappa shape index (κ2) is 7.11. The van der Waals surface area contributed by atoms with Gasteiger partial charge >= 0.3 is 5.97 Å². The summed E-state index contributed by atoms with van der Waals surface area (Å²) < 4.78 is 0. The van der Waals surface area contributed by atoms with E-state index in [1.165, 1.54) is 0 Å². The van der Waals surface area contributed by atoms with E-state index >= 15 is 0 Å². The van der Waals surface area contributed by atoms with Crippen LogP contribution in [0.3, 0.4) is 0 Å². The molecule has 1 saturated carbocycles. The summed E-state index contributed by atoms with van der Waals surface area (Å²) in [6.07, 6.45) is 6.69. The molecule has 1 heterocycles. The first kappa shape index (κ1) is 16.8. The molecule has 0 spiro atoms. The topological polar surface area (TPSA) is 86.7 Å². The third kappa shape index (κ3) is 3.59. The molecule has 6 nitrogen and oxygen atoms in total. The summed E-state index contributed by atoms with van der Waals surface area (Å²) in [6.45, 7) is 0.659. The lowest BCUT2D eigenvalue weighted by Crippen LogP contribution is -2.57. The Hall–Kier alpha value is -1.59. The highest BCUT2D eigenvalue weighted by Crippen LogP contribution is 2.28. The Kier molecular flexibility index (Phi) is 5.42. The molecule has 6 heteroatoms. The number of carbonyl (C=O) groups excluding carboxylic acids is 2. The normalized spacial score (nSPS) is 26.0. The maximum atomic E-state index is 12.6. The van der Waals surface area contributed by atoms with E-state index in [1.807, 2.05) is 0 Å². The van der Waals surface area contributed by atoms with Crippen molar-refractivity contribution >= 4 is 17.8 Å². The number of carboxylic acid groups (broad SMARTS) is 1. The van der Waals surface area contributed by atoms with Gasteiger partial charge in [0.15, 0.2) is 0 Å². The highest BCUT2D eigenvalue weighted by molar-refractivity contribution is 6.02. The molecular weight excluding hydrogens is 284 g/mol. The first-order chi connectivity index (χ1) is 10.5. The summed E-state index contributed by atoms with van der Waals surface area (Å²) in [5.41, 5.74) is -1.20. The number of amides is 2. The fourth-order valence-corrected chi connectivity index (χ4v) is 3.49. The minimum absolute atomic E-state index is 0.191. The first-order valence-electron chi connectivity index (χ1n) is 8.27. The number of carbonyl (C=O) groups is 3. The largest absolute Gasteiger partial charge is 0.480 e. The Bertz CT molecular complexity index is 441. The number of aliphatic carboxylic acids is 1. The van der Waals surface area contributed by atoms with E-state index in [2.05, 4.69) is 5.32 Å². The molecule has 1 saturated heterocycles. The zero-order valence-corrected chi connectivity index (χ0v) is 13.3. The lowest BCUT2D eigenvalue weighted by Gasteiger charge is -2.31. The highest BCUT2D eigenvalue weighted by Gasteiger charge is 2.42. The van der Waals surface area contributed by atoms with Gasteiger partial charge in [0.2, 0.25) is 11.8 Å². The van der Waals surface area contributed by atoms with Gasteiger partial charge in [-0.25, -0.2) is 4.79 Å². The van der Waals surface area contributed by atoms with E-state index < -0.39 is 23.3 Å². The molecule has 2 rings (SSSR count). The number of rotatable bonds is 3. The molecular formula is C16H26N2O4. The quantitative estimate of drug-likeness (QED) is 0.611. The highest BCUT2D eigenvalue weighted by atomic mass is 16.4. The maximum absolute atomic E-state index is 12.6. The fraction of sp³-hybridized carbons (Fsp3) is 0.812. The van der Waals surface area contributed by atoms with E-state index in [0.29, 0.717) is 25.8 Å². The number of carboxylic acids is 1. The maximum Gasteiger partial charge on any atom is 0.329 e. The Morgan fingerprint density at radius 3 is 2.36 bits per heavy atom. The minimum atomic E-state index is -1.20. The monoisotopic (exact) mass is 310 g/mol. The average Bonchev–Trinajstić information content (AvgIpc) is 2.80. The molecule has 1 unspecified atom stereocenters. The number of nitrogens with zero attached hydrogens (tertiary/aromatic N) is 1. The van der Waals surface area contributed by atoms with Crippen LogP contribution >= 0.6 is 0 Å². The molecule has 2 aliphatic rings. The van der Waals surface area contributed by atoms with Crippen LogP contribution in [0.5, 0.6) is 0 Å². The van der Waals surface area contributed by atoms with Gasteiger partial charge in [-0.05, 0) is 25.7 Å². The van der Waals surface area contributed by atoms with Gasteiger partial charge in [-0.15, -0.1) is 0 Å². The molecule has 22 heavy (non-hydrogen) atoms. The number of likely N-dealkylation sites (tertiary alicyclic amines) is 1. The Morgan fingerprint density at radius 2 is 1.77 bits per heavy atom. The number of nitrogens with one attached hydrogen (secondary N) is 1. The molecule has 124 valence electrons. The van der Waals surface area contributed by atoms with Crippen molar-refractivity contribution in [3.63, 3.8) is 0 Å². The van der Waals surface area contributed by atoms with Crippen LogP contribution < -0.4 is 5.32 Å². The molecule has 1 atom stereocenters. The predicted octanol–water partition coefficient (Wildman–Crippen LogP) is 1.54. The Morgan fingerprint density at radius 1 is 1.14 bits per heavy atom. The SMILES string of the molecule is CN1CCCCC(C(=O)NC2(C(=O)O)CCCCCC2)C1=O. The van der Waals surface area contributed by atoms with Crippen LogP contribution in [0.2, 0.25) is 0 Å². The molecule has 0 aromatic heterocycles. The van der Waals surface area contributed by atoms with Gasteiger partial charge in [-0.2, -0.15) is 0 Å². The van der Waals surface area contributed by atoms with Crippen molar-refractivity contribution in [2.45, 2.75) is 63.3 Å². The molecule has 1 aliphatic carbocycles. The lowest BCUT2D eigenvalue weighted by atomic mass is 9.88. The Labute approximate surface area is 131 Å². The van der Waals surface area contributed by atoms with E-state index in [-0.39, 0.29) is 5.91 Å². The van der Waals surface area contributed by atoms with Gasteiger partial charge in [0, 0.05) is 13.6 Å². The molecule has 1 aliphatic heterocycles. The second-order valence-electron chi connectivity index (χ2n) is 6.60. The van der Waals surface area contributed by atoms with Crippen molar-refractivity contribution in [3.05, 3.63) is 0 Å². The molecule has 0 aromatic rings. The zero-order valence-electron chi connectivity index (χ0n) is 13.3. The third-order valence-corrected chi connectivity index (χ3v) is 4.96. The standard InChI is InChI=1S/C16H26N2O4/c1-18-11-7-4-8-12(14(18)20)13(19)17-16(15(21)22)9-5-2-3-6-10-16/h12H,2-11H2,1H3,(H,17,19)(H,21,22).